The zero-order chi connectivity index (χ0) is 23.5. The molecule has 0 spiro atoms. The maximum Gasteiger partial charge on any atom is 0.257 e. The number of anilines is 1. The van der Waals surface area contributed by atoms with E-state index in [0.717, 1.165) is 15.6 Å². The number of halogens is 2. The van der Waals surface area contributed by atoms with E-state index in [1.165, 1.54) is 9.80 Å². The van der Waals surface area contributed by atoms with Crippen molar-refractivity contribution < 1.29 is 14.4 Å². The zero-order valence-electron chi connectivity index (χ0n) is 18.0. The lowest BCUT2D eigenvalue weighted by atomic mass is 10.1. The van der Waals surface area contributed by atoms with Gasteiger partial charge in [0.25, 0.3) is 11.8 Å². The molecular weight excluding hydrogens is 504 g/mol. The highest BCUT2D eigenvalue weighted by molar-refractivity contribution is 9.10. The second-order valence-corrected chi connectivity index (χ2v) is 9.36. The Hall–Kier alpha value is -2.96. The van der Waals surface area contributed by atoms with Crippen molar-refractivity contribution in [3.8, 4) is 0 Å². The van der Waals surface area contributed by atoms with Gasteiger partial charge in [-0.1, -0.05) is 57.4 Å². The summed E-state index contributed by atoms with van der Waals surface area (Å²) in [5.41, 5.74) is 2.96. The van der Waals surface area contributed by atoms with E-state index in [-0.39, 0.29) is 24.8 Å². The first-order valence-electron chi connectivity index (χ1n) is 10.6. The van der Waals surface area contributed by atoms with Crippen molar-refractivity contribution in [1.29, 1.82) is 0 Å². The van der Waals surface area contributed by atoms with Crippen LogP contribution in [-0.4, -0.2) is 35.2 Å². The molecule has 4 rings (SSSR count). The van der Waals surface area contributed by atoms with Crippen LogP contribution in [0.25, 0.3) is 0 Å². The Morgan fingerprint density at radius 3 is 2.42 bits per heavy atom. The van der Waals surface area contributed by atoms with E-state index in [1.807, 2.05) is 37.3 Å². The highest BCUT2D eigenvalue weighted by atomic mass is 79.9. The molecule has 168 valence electrons. The minimum Gasteiger partial charge on any atom is -0.326 e. The van der Waals surface area contributed by atoms with Gasteiger partial charge in [-0.05, 0) is 67.4 Å². The average molecular weight is 526 g/mol. The lowest BCUT2D eigenvalue weighted by Gasteiger charge is -2.28. The van der Waals surface area contributed by atoms with E-state index in [4.69, 9.17) is 11.6 Å². The van der Waals surface area contributed by atoms with Crippen LogP contribution in [0.5, 0.6) is 0 Å². The largest absolute Gasteiger partial charge is 0.326 e. The summed E-state index contributed by atoms with van der Waals surface area (Å²) in [5, 5.41) is 0.609. The number of rotatable bonds is 6. The van der Waals surface area contributed by atoms with Crippen molar-refractivity contribution in [2.24, 2.45) is 0 Å². The average Bonchev–Trinajstić information content (AvgIpc) is 3.09. The minimum absolute atomic E-state index is 0.0535. The molecule has 0 radical (unpaired) electrons. The van der Waals surface area contributed by atoms with E-state index < -0.39 is 11.9 Å². The van der Waals surface area contributed by atoms with Crippen molar-refractivity contribution in [2.45, 2.75) is 25.8 Å². The summed E-state index contributed by atoms with van der Waals surface area (Å²) in [4.78, 5) is 42.4. The third-order valence-electron chi connectivity index (χ3n) is 5.67. The van der Waals surface area contributed by atoms with Crippen LogP contribution >= 0.6 is 27.5 Å². The molecule has 1 heterocycles. The van der Waals surface area contributed by atoms with Crippen LogP contribution in [0.3, 0.4) is 0 Å². The fourth-order valence-corrected chi connectivity index (χ4v) is 4.40. The molecule has 7 heteroatoms. The van der Waals surface area contributed by atoms with E-state index in [0.29, 0.717) is 22.7 Å². The molecule has 1 aliphatic rings. The Balaban J connectivity index is 1.63. The summed E-state index contributed by atoms with van der Waals surface area (Å²) in [6.07, 6.45) is 0.455. The molecule has 1 fully saturated rings. The van der Waals surface area contributed by atoms with Gasteiger partial charge in [0, 0.05) is 21.6 Å². The van der Waals surface area contributed by atoms with Gasteiger partial charge in [-0.15, -0.1) is 0 Å². The van der Waals surface area contributed by atoms with Crippen LogP contribution in [0.4, 0.5) is 5.69 Å². The summed E-state index contributed by atoms with van der Waals surface area (Å²) in [7, 11) is 0. The quantitative estimate of drug-likeness (QED) is 0.403. The van der Waals surface area contributed by atoms with Gasteiger partial charge in [0.05, 0.1) is 12.1 Å². The maximum atomic E-state index is 13.5. The molecule has 1 aliphatic heterocycles. The third-order valence-corrected chi connectivity index (χ3v) is 6.44. The van der Waals surface area contributed by atoms with Crippen molar-refractivity contribution in [2.75, 3.05) is 11.4 Å². The van der Waals surface area contributed by atoms with Gasteiger partial charge in [0.2, 0.25) is 5.91 Å². The number of benzene rings is 3. The lowest BCUT2D eigenvalue weighted by molar-refractivity contribution is -0.122. The monoisotopic (exact) mass is 524 g/mol. The van der Waals surface area contributed by atoms with Crippen LogP contribution in [0.2, 0.25) is 5.02 Å². The van der Waals surface area contributed by atoms with Gasteiger partial charge >= 0.3 is 0 Å². The van der Waals surface area contributed by atoms with E-state index in [2.05, 4.69) is 15.9 Å². The SMILES string of the molecule is Cc1ccc(C(=O)N(CCc2cccc(Cl)c2)C2CC(=O)N(c3ccc(Br)cc3)C2=O)cc1. The van der Waals surface area contributed by atoms with Crippen molar-refractivity contribution >= 4 is 50.9 Å². The maximum absolute atomic E-state index is 13.5. The first kappa shape index (κ1) is 23.2. The van der Waals surface area contributed by atoms with Crippen LogP contribution in [-0.2, 0) is 16.0 Å². The molecule has 1 atom stereocenters. The summed E-state index contributed by atoms with van der Waals surface area (Å²) in [5.74, 6) is -0.994. The van der Waals surface area contributed by atoms with Gasteiger partial charge < -0.3 is 4.90 Å². The summed E-state index contributed by atoms with van der Waals surface area (Å²) >= 11 is 9.48. The van der Waals surface area contributed by atoms with Crippen molar-refractivity contribution in [3.05, 3.63) is 99.0 Å². The predicted molar refractivity (Wildman–Crippen MR) is 132 cm³/mol. The van der Waals surface area contributed by atoms with E-state index >= 15 is 0 Å². The lowest BCUT2D eigenvalue weighted by Crippen LogP contribution is -2.46. The number of carbonyl (C=O) groups is 3. The highest BCUT2D eigenvalue weighted by Crippen LogP contribution is 2.28. The number of imide groups is 1. The normalized spacial score (nSPS) is 15.7. The topological polar surface area (TPSA) is 57.7 Å². The molecule has 0 N–H and O–H groups in total. The Bertz CT molecular complexity index is 1190. The van der Waals surface area contributed by atoms with Crippen molar-refractivity contribution in [3.63, 3.8) is 0 Å². The fourth-order valence-electron chi connectivity index (χ4n) is 3.92. The molecule has 5 nitrogen and oxygen atoms in total. The van der Waals surface area contributed by atoms with Gasteiger partial charge in [0.1, 0.15) is 6.04 Å². The van der Waals surface area contributed by atoms with E-state index in [1.54, 1.807) is 42.5 Å². The van der Waals surface area contributed by atoms with Crippen LogP contribution in [0.1, 0.15) is 27.9 Å². The first-order chi connectivity index (χ1) is 15.8. The molecular formula is C26H22BrClN2O3. The summed E-state index contributed by atoms with van der Waals surface area (Å²) in [6.45, 7) is 2.23. The second kappa shape index (κ2) is 9.89. The number of nitrogens with zero attached hydrogens (tertiary/aromatic N) is 2. The Morgan fingerprint density at radius 2 is 1.76 bits per heavy atom. The third kappa shape index (κ3) is 5.18. The zero-order valence-corrected chi connectivity index (χ0v) is 20.3. The second-order valence-electron chi connectivity index (χ2n) is 8.01. The fraction of sp³-hybridized carbons (Fsp3) is 0.192. The molecule has 1 unspecified atom stereocenters. The predicted octanol–water partition coefficient (Wildman–Crippen LogP) is 5.43. The van der Waals surface area contributed by atoms with Gasteiger partial charge in [-0.25, -0.2) is 4.90 Å². The molecule has 3 aromatic carbocycles. The number of amides is 3. The standard InChI is InChI=1S/C26H22BrClN2O3/c1-17-5-7-19(8-6-17)25(32)29(14-13-18-3-2-4-21(28)15-18)23-16-24(31)30(26(23)33)22-11-9-20(27)10-12-22/h2-12,15,23H,13-14,16H2,1H3. The number of hydrogen-bond donors (Lipinski definition) is 0. The van der Waals surface area contributed by atoms with E-state index in [9.17, 15) is 14.4 Å². The molecule has 1 saturated heterocycles. The van der Waals surface area contributed by atoms with Gasteiger partial charge in [0.15, 0.2) is 0 Å². The Kier molecular flexibility index (Phi) is 6.96. The smallest absolute Gasteiger partial charge is 0.257 e. The Morgan fingerprint density at radius 1 is 1.06 bits per heavy atom. The molecule has 3 aromatic rings. The molecule has 0 aliphatic carbocycles. The van der Waals surface area contributed by atoms with Crippen LogP contribution in [0, 0.1) is 6.92 Å². The highest BCUT2D eigenvalue weighted by Gasteiger charge is 2.44. The number of carbonyl (C=O) groups excluding carboxylic acids is 3. The molecule has 33 heavy (non-hydrogen) atoms. The molecule has 0 bridgehead atoms. The summed E-state index contributed by atoms with van der Waals surface area (Å²) < 4.78 is 0.847. The number of hydrogen-bond acceptors (Lipinski definition) is 3. The number of aryl methyl sites for hydroxylation is 1. The minimum atomic E-state index is -0.867. The van der Waals surface area contributed by atoms with Gasteiger partial charge in [-0.2, -0.15) is 0 Å². The first-order valence-corrected chi connectivity index (χ1v) is 11.7. The molecule has 3 amide bonds. The molecule has 0 saturated carbocycles. The van der Waals surface area contributed by atoms with Crippen LogP contribution < -0.4 is 4.90 Å². The molecule has 0 aromatic heterocycles. The van der Waals surface area contributed by atoms with Crippen molar-refractivity contribution in [1.82, 2.24) is 4.90 Å². The summed E-state index contributed by atoms with van der Waals surface area (Å²) in [6, 6.07) is 20.7. The van der Waals surface area contributed by atoms with Gasteiger partial charge in [-0.3, -0.25) is 14.4 Å². The van der Waals surface area contributed by atoms with Crippen LogP contribution in [0.15, 0.2) is 77.3 Å². The Labute approximate surface area is 206 Å².